The van der Waals surface area contributed by atoms with Gasteiger partial charge in [0.25, 0.3) is 0 Å². The molecule has 0 aliphatic carbocycles. The first kappa shape index (κ1) is 28.3. The molecule has 0 aliphatic rings. The third-order valence-electron chi connectivity index (χ3n) is 6.74. The molecule has 5 aromatic rings. The maximum absolute atomic E-state index is 11.9. The normalized spacial score (nSPS) is 12.2. The van der Waals surface area contributed by atoms with Crippen LogP contribution in [0, 0.1) is 5.41 Å². The summed E-state index contributed by atoms with van der Waals surface area (Å²) >= 11 is 8.04. The Hall–Kier alpha value is -3.28. The lowest BCUT2D eigenvalue weighted by Crippen LogP contribution is -2.17. The van der Waals surface area contributed by atoms with Gasteiger partial charge in [-0.15, -0.1) is 11.8 Å². The van der Waals surface area contributed by atoms with E-state index in [4.69, 9.17) is 21.3 Å². The number of carbonyl (C=O) groups excluding carboxylic acids is 1. The summed E-state index contributed by atoms with van der Waals surface area (Å²) in [4.78, 5) is 21.5. The molecule has 40 heavy (non-hydrogen) atoms. The lowest BCUT2D eigenvalue weighted by Gasteiger charge is -2.22. The van der Waals surface area contributed by atoms with Gasteiger partial charge in [0.1, 0.15) is 18.6 Å². The van der Waals surface area contributed by atoms with Crippen molar-refractivity contribution in [2.75, 3.05) is 0 Å². The third-order valence-corrected chi connectivity index (χ3v) is 8.26. The highest BCUT2D eigenvalue weighted by atomic mass is 35.5. The largest absolute Gasteiger partial charge is 0.487 e. The number of para-hydroxylation sites is 1. The molecule has 0 radical (unpaired) electrons. The molecule has 0 unspecified atom stereocenters. The number of thioether (sulfide) groups is 1. The number of rotatable bonds is 9. The highest BCUT2D eigenvalue weighted by molar-refractivity contribution is 8.00. The van der Waals surface area contributed by atoms with Gasteiger partial charge in [-0.1, -0.05) is 82.6 Å². The zero-order valence-corrected chi connectivity index (χ0v) is 25.2. The number of nitrogens with one attached hydrogen (secondary N) is 1. The number of hydrogen-bond acceptors (Lipinski definition) is 4. The number of carbonyl (C=O) groups is 1. The molecule has 1 N–H and O–H groups in total. The summed E-state index contributed by atoms with van der Waals surface area (Å²) in [5.74, 6) is 0.827. The molecule has 5 rings (SSSR count). The molecule has 0 amide bonds. The molecule has 0 spiro atoms. The Morgan fingerprint density at radius 1 is 0.950 bits per heavy atom. The van der Waals surface area contributed by atoms with Gasteiger partial charge >= 0.3 is 0 Å². The predicted molar refractivity (Wildman–Crippen MR) is 168 cm³/mol. The third kappa shape index (κ3) is 6.54. The minimum absolute atomic E-state index is 0.0292. The predicted octanol–water partition coefficient (Wildman–Crippen LogP) is 9.20. The smallest absolute Gasteiger partial charge is 0.130 e. The second kappa shape index (κ2) is 11.3. The van der Waals surface area contributed by atoms with E-state index in [0.29, 0.717) is 24.5 Å². The van der Waals surface area contributed by atoms with Crippen LogP contribution < -0.4 is 4.74 Å². The maximum Gasteiger partial charge on any atom is 0.130 e. The van der Waals surface area contributed by atoms with E-state index >= 15 is 0 Å². The Morgan fingerprint density at radius 2 is 1.70 bits per heavy atom. The first-order valence-corrected chi connectivity index (χ1v) is 14.7. The van der Waals surface area contributed by atoms with Crippen LogP contribution in [0.15, 0.2) is 77.7 Å². The van der Waals surface area contributed by atoms with Gasteiger partial charge in [0.05, 0.1) is 11.2 Å². The first-order chi connectivity index (χ1) is 19.0. The van der Waals surface area contributed by atoms with E-state index in [2.05, 4.69) is 56.1 Å². The van der Waals surface area contributed by atoms with Crippen LogP contribution in [0.2, 0.25) is 5.02 Å². The number of hydrogen-bond donors (Lipinski definition) is 1. The highest BCUT2D eigenvalue weighted by Crippen LogP contribution is 2.44. The topological polar surface area (TPSA) is 55.0 Å². The maximum atomic E-state index is 11.9. The number of fused-ring (bicyclic) bond motifs is 2. The van der Waals surface area contributed by atoms with Gasteiger partial charge in [-0.05, 0) is 42.0 Å². The average Bonchev–Trinajstić information content (AvgIpc) is 3.24. The number of aldehydes is 1. The van der Waals surface area contributed by atoms with Crippen molar-refractivity contribution in [2.45, 2.75) is 63.7 Å². The summed E-state index contributed by atoms with van der Waals surface area (Å²) in [6.45, 7) is 11.0. The summed E-state index contributed by atoms with van der Waals surface area (Å²) in [5.41, 5.74) is 5.74. The summed E-state index contributed by atoms with van der Waals surface area (Å²) in [5, 5.41) is 2.97. The zero-order valence-electron chi connectivity index (χ0n) is 23.7. The molecular formula is C34H35ClN2O2S. The molecule has 0 saturated carbocycles. The molecule has 0 saturated heterocycles. The number of H-pyrrole nitrogens is 1. The Morgan fingerprint density at radius 3 is 2.42 bits per heavy atom. The second-order valence-corrected chi connectivity index (χ2v) is 14.3. The minimum Gasteiger partial charge on any atom is -0.487 e. The standard InChI is InChI=1S/C34H35ClN2O2S/c1-33(2,3)40-32-29(19-34(4,5)21-38)37-28-16-17-30(26(31(28)32)18-22-10-13-24(35)14-11-22)39-20-25-15-12-23-8-6-7-9-27(23)36-25/h6-17,21,37H,18-20H2,1-5H3. The van der Waals surface area contributed by atoms with Crippen molar-refractivity contribution in [3.63, 3.8) is 0 Å². The van der Waals surface area contributed by atoms with Gasteiger partial charge in [0.2, 0.25) is 0 Å². The van der Waals surface area contributed by atoms with E-state index in [-0.39, 0.29) is 4.75 Å². The SMILES string of the molecule is CC(C)(C=O)Cc1[nH]c2ccc(OCc3ccc4ccccc4n3)c(Cc3ccc(Cl)cc3)c2c1SC(C)(C)C. The zero-order chi connectivity index (χ0) is 28.5. The van der Waals surface area contributed by atoms with Gasteiger partial charge in [-0.25, -0.2) is 4.98 Å². The number of ether oxygens (including phenoxy) is 1. The number of aromatic nitrogens is 2. The van der Waals surface area contributed by atoms with E-state index in [0.717, 1.165) is 56.4 Å². The van der Waals surface area contributed by atoms with Crippen LogP contribution in [0.3, 0.4) is 0 Å². The van der Waals surface area contributed by atoms with Crippen LogP contribution in [0.5, 0.6) is 5.75 Å². The monoisotopic (exact) mass is 570 g/mol. The van der Waals surface area contributed by atoms with Crippen molar-refractivity contribution >= 4 is 51.5 Å². The fraction of sp³-hybridized carbons (Fsp3) is 0.294. The lowest BCUT2D eigenvalue weighted by atomic mass is 9.89. The van der Waals surface area contributed by atoms with Gasteiger partial charge in [-0.2, -0.15) is 0 Å². The van der Waals surface area contributed by atoms with Crippen molar-refractivity contribution < 1.29 is 9.53 Å². The summed E-state index contributed by atoms with van der Waals surface area (Å²) in [6.07, 6.45) is 2.35. The molecule has 0 fully saturated rings. The van der Waals surface area contributed by atoms with Crippen molar-refractivity contribution in [1.29, 1.82) is 0 Å². The Labute approximate surface area is 245 Å². The molecule has 4 nitrogen and oxygen atoms in total. The van der Waals surface area contributed by atoms with E-state index in [1.807, 2.05) is 68.1 Å². The Kier molecular flexibility index (Phi) is 7.98. The molecule has 0 atom stereocenters. The molecule has 0 aliphatic heterocycles. The Bertz CT molecular complexity index is 1670. The van der Waals surface area contributed by atoms with Crippen LogP contribution in [0.25, 0.3) is 21.8 Å². The van der Waals surface area contributed by atoms with Crippen LogP contribution in [0.1, 0.15) is 57.1 Å². The van der Waals surface area contributed by atoms with Crippen LogP contribution in [-0.4, -0.2) is 21.0 Å². The summed E-state index contributed by atoms with van der Waals surface area (Å²) < 4.78 is 6.50. The van der Waals surface area contributed by atoms with Crippen molar-refractivity contribution in [1.82, 2.24) is 9.97 Å². The molecule has 2 aromatic heterocycles. The fourth-order valence-corrected chi connectivity index (χ4v) is 6.18. The number of benzene rings is 3. The molecule has 206 valence electrons. The van der Waals surface area contributed by atoms with Crippen molar-refractivity contribution in [2.24, 2.45) is 5.41 Å². The van der Waals surface area contributed by atoms with Crippen LogP contribution in [-0.2, 0) is 24.2 Å². The van der Waals surface area contributed by atoms with Gasteiger partial charge in [-0.3, -0.25) is 0 Å². The van der Waals surface area contributed by atoms with Crippen molar-refractivity contribution in [3.8, 4) is 5.75 Å². The molecule has 6 heteroatoms. The van der Waals surface area contributed by atoms with E-state index in [9.17, 15) is 4.79 Å². The number of nitrogens with zero attached hydrogens (tertiary/aromatic N) is 1. The van der Waals surface area contributed by atoms with Crippen LogP contribution in [0.4, 0.5) is 0 Å². The first-order valence-electron chi connectivity index (χ1n) is 13.5. The number of pyridine rings is 1. The lowest BCUT2D eigenvalue weighted by molar-refractivity contribution is -0.114. The van der Waals surface area contributed by atoms with Gasteiger partial charge < -0.3 is 14.5 Å². The van der Waals surface area contributed by atoms with E-state index in [1.54, 1.807) is 0 Å². The quantitative estimate of drug-likeness (QED) is 0.142. The Balaban J connectivity index is 1.62. The van der Waals surface area contributed by atoms with E-state index < -0.39 is 5.41 Å². The highest BCUT2D eigenvalue weighted by Gasteiger charge is 2.27. The molecular weight excluding hydrogens is 536 g/mol. The average molecular weight is 571 g/mol. The minimum atomic E-state index is -0.481. The van der Waals surface area contributed by atoms with Gasteiger partial charge in [0.15, 0.2) is 0 Å². The fourth-order valence-electron chi connectivity index (χ4n) is 4.86. The summed E-state index contributed by atoms with van der Waals surface area (Å²) in [7, 11) is 0. The van der Waals surface area contributed by atoms with Crippen LogP contribution >= 0.6 is 23.4 Å². The molecule has 0 bridgehead atoms. The second-order valence-electron chi connectivity index (χ2n) is 12.0. The van der Waals surface area contributed by atoms with Crippen molar-refractivity contribution in [3.05, 3.63) is 100 Å². The van der Waals surface area contributed by atoms with Gasteiger partial charge in [0, 0.05) is 60.5 Å². The molecule has 2 heterocycles. The number of aromatic amines is 1. The van der Waals surface area contributed by atoms with E-state index in [1.165, 1.54) is 4.90 Å². The summed E-state index contributed by atoms with van der Waals surface area (Å²) in [6, 6.07) is 24.3. The molecule has 3 aromatic carbocycles. The number of halogens is 1.